The lowest BCUT2D eigenvalue weighted by Gasteiger charge is -2.17. The van der Waals surface area contributed by atoms with Gasteiger partial charge in [0.1, 0.15) is 6.10 Å². The van der Waals surface area contributed by atoms with Crippen LogP contribution in [0.5, 0.6) is 5.75 Å². The van der Waals surface area contributed by atoms with E-state index in [2.05, 4.69) is 32.5 Å². The molecule has 3 aromatic rings. The molecule has 7 heteroatoms. The summed E-state index contributed by atoms with van der Waals surface area (Å²) in [6.07, 6.45) is 6.91. The monoisotopic (exact) mass is 353 g/mol. The average molecular weight is 353 g/mol. The molecule has 0 spiro atoms. The van der Waals surface area contributed by atoms with Crippen molar-refractivity contribution in [1.82, 2.24) is 20.3 Å². The minimum Gasteiger partial charge on any atom is -0.484 e. The van der Waals surface area contributed by atoms with E-state index in [0.29, 0.717) is 24.8 Å². The standard InChI is InChI=1S/C19H20FN5O/c1-12-6-14(9-24-12)26-19-15(20)10-21-11-18(19)25-8-13-2-3-16-17(7-13)23-5-4-22-16/h2-5,7,10-12,14,24-25H,6,8-9H2,1H3/t12-,14+/m0/s1. The highest BCUT2D eigenvalue weighted by Gasteiger charge is 2.24. The Balaban J connectivity index is 1.51. The van der Waals surface area contributed by atoms with Crippen LogP contribution in [0.2, 0.25) is 0 Å². The first-order valence-electron chi connectivity index (χ1n) is 8.66. The Hall–Kier alpha value is -2.80. The van der Waals surface area contributed by atoms with Gasteiger partial charge in [0.15, 0.2) is 11.6 Å². The van der Waals surface area contributed by atoms with Crippen molar-refractivity contribution in [3.05, 3.63) is 54.4 Å². The summed E-state index contributed by atoms with van der Waals surface area (Å²) in [5, 5.41) is 6.53. The van der Waals surface area contributed by atoms with Crippen LogP contribution in [0.15, 0.2) is 43.0 Å². The third-order valence-electron chi connectivity index (χ3n) is 4.46. The van der Waals surface area contributed by atoms with E-state index in [1.54, 1.807) is 18.6 Å². The molecular formula is C19H20FN5O. The maximum absolute atomic E-state index is 14.3. The Bertz CT molecular complexity index is 919. The number of hydrogen-bond donors (Lipinski definition) is 2. The highest BCUT2D eigenvalue weighted by Crippen LogP contribution is 2.29. The third kappa shape index (κ3) is 3.57. The molecule has 2 atom stereocenters. The Kier molecular flexibility index (Phi) is 4.62. The topological polar surface area (TPSA) is 72.0 Å². The molecule has 0 radical (unpaired) electrons. The number of rotatable bonds is 5. The van der Waals surface area contributed by atoms with Crippen molar-refractivity contribution in [2.45, 2.75) is 32.0 Å². The lowest BCUT2D eigenvalue weighted by atomic mass is 10.2. The summed E-state index contributed by atoms with van der Waals surface area (Å²) >= 11 is 0. The van der Waals surface area contributed by atoms with Gasteiger partial charge in [-0.25, -0.2) is 4.39 Å². The number of pyridine rings is 1. The lowest BCUT2D eigenvalue weighted by Crippen LogP contribution is -2.21. The van der Waals surface area contributed by atoms with E-state index in [1.165, 1.54) is 6.20 Å². The first kappa shape index (κ1) is 16.7. The minimum absolute atomic E-state index is 0.0432. The Morgan fingerprint density at radius 2 is 2.08 bits per heavy atom. The van der Waals surface area contributed by atoms with Crippen LogP contribution in [-0.2, 0) is 6.54 Å². The molecule has 3 heterocycles. The van der Waals surface area contributed by atoms with Gasteiger partial charge >= 0.3 is 0 Å². The summed E-state index contributed by atoms with van der Waals surface area (Å²) in [6.45, 7) is 3.31. The van der Waals surface area contributed by atoms with Gasteiger partial charge in [0.05, 0.1) is 29.1 Å². The highest BCUT2D eigenvalue weighted by molar-refractivity contribution is 5.74. The number of hydrogen-bond acceptors (Lipinski definition) is 6. The van der Waals surface area contributed by atoms with E-state index in [9.17, 15) is 4.39 Å². The van der Waals surface area contributed by atoms with Gasteiger partial charge in [0, 0.05) is 37.9 Å². The van der Waals surface area contributed by atoms with Crippen molar-refractivity contribution < 1.29 is 9.13 Å². The summed E-state index contributed by atoms with van der Waals surface area (Å²) in [7, 11) is 0. The van der Waals surface area contributed by atoms with Crippen molar-refractivity contribution in [3.63, 3.8) is 0 Å². The van der Waals surface area contributed by atoms with Crippen molar-refractivity contribution in [2.75, 3.05) is 11.9 Å². The van der Waals surface area contributed by atoms with Gasteiger partial charge < -0.3 is 15.4 Å². The molecule has 1 aliphatic heterocycles. The van der Waals surface area contributed by atoms with Gasteiger partial charge in [-0.15, -0.1) is 0 Å². The van der Waals surface area contributed by atoms with Crippen LogP contribution in [0.3, 0.4) is 0 Å². The zero-order valence-electron chi connectivity index (χ0n) is 14.4. The van der Waals surface area contributed by atoms with Gasteiger partial charge in [-0.2, -0.15) is 0 Å². The minimum atomic E-state index is -0.459. The first-order valence-corrected chi connectivity index (χ1v) is 8.66. The molecule has 0 unspecified atom stereocenters. The zero-order valence-corrected chi connectivity index (χ0v) is 14.4. The Morgan fingerprint density at radius 1 is 1.23 bits per heavy atom. The van der Waals surface area contributed by atoms with E-state index in [0.717, 1.165) is 23.0 Å². The van der Waals surface area contributed by atoms with Crippen molar-refractivity contribution in [2.24, 2.45) is 0 Å². The van der Waals surface area contributed by atoms with Crippen LogP contribution in [0.4, 0.5) is 10.1 Å². The number of fused-ring (bicyclic) bond motifs is 1. The SMILES string of the molecule is C[C@H]1C[C@@H](Oc2c(F)cncc2NCc2ccc3nccnc3c2)CN1. The summed E-state index contributed by atoms with van der Waals surface area (Å²) in [4.78, 5) is 12.5. The molecule has 6 nitrogen and oxygen atoms in total. The number of aromatic nitrogens is 3. The fraction of sp³-hybridized carbons (Fsp3) is 0.316. The Labute approximate surface area is 150 Å². The third-order valence-corrected chi connectivity index (χ3v) is 4.46. The average Bonchev–Trinajstić information content (AvgIpc) is 3.07. The molecule has 1 fully saturated rings. The molecule has 4 rings (SSSR count). The normalized spacial score (nSPS) is 19.6. The van der Waals surface area contributed by atoms with Crippen LogP contribution in [0.25, 0.3) is 11.0 Å². The van der Waals surface area contributed by atoms with E-state index in [1.807, 2.05) is 18.2 Å². The van der Waals surface area contributed by atoms with Gasteiger partial charge in [-0.3, -0.25) is 15.0 Å². The number of halogens is 1. The summed E-state index contributed by atoms with van der Waals surface area (Å²) < 4.78 is 20.2. The number of nitrogens with one attached hydrogen (secondary N) is 2. The molecule has 2 aromatic heterocycles. The van der Waals surface area contributed by atoms with Crippen LogP contribution in [-0.4, -0.2) is 33.6 Å². The second-order valence-corrected chi connectivity index (χ2v) is 6.52. The van der Waals surface area contributed by atoms with Crippen molar-refractivity contribution in [1.29, 1.82) is 0 Å². The number of ether oxygens (including phenoxy) is 1. The molecule has 1 saturated heterocycles. The first-order chi connectivity index (χ1) is 12.7. The number of anilines is 1. The van der Waals surface area contributed by atoms with Gasteiger partial charge in [-0.05, 0) is 24.6 Å². The number of nitrogens with zero attached hydrogens (tertiary/aromatic N) is 3. The molecule has 0 amide bonds. The van der Waals surface area contributed by atoms with Crippen LogP contribution in [0.1, 0.15) is 18.9 Å². The summed E-state index contributed by atoms with van der Waals surface area (Å²) in [5.41, 5.74) is 3.23. The summed E-state index contributed by atoms with van der Waals surface area (Å²) in [6, 6.07) is 6.23. The van der Waals surface area contributed by atoms with Gasteiger partial charge in [-0.1, -0.05) is 6.07 Å². The predicted molar refractivity (Wildman–Crippen MR) is 97.6 cm³/mol. The second-order valence-electron chi connectivity index (χ2n) is 6.52. The predicted octanol–water partition coefficient (Wildman–Crippen LogP) is 2.91. The largest absolute Gasteiger partial charge is 0.484 e. The second kappa shape index (κ2) is 7.21. The molecule has 0 aliphatic carbocycles. The lowest BCUT2D eigenvalue weighted by molar-refractivity contribution is 0.211. The Morgan fingerprint density at radius 3 is 2.88 bits per heavy atom. The van der Waals surface area contributed by atoms with Gasteiger partial charge in [0.2, 0.25) is 0 Å². The molecule has 1 aromatic carbocycles. The van der Waals surface area contributed by atoms with E-state index >= 15 is 0 Å². The smallest absolute Gasteiger partial charge is 0.185 e. The molecule has 26 heavy (non-hydrogen) atoms. The quantitative estimate of drug-likeness (QED) is 0.735. The summed E-state index contributed by atoms with van der Waals surface area (Å²) in [5.74, 6) is -0.236. The number of benzene rings is 1. The highest BCUT2D eigenvalue weighted by atomic mass is 19.1. The molecular weight excluding hydrogens is 333 g/mol. The van der Waals surface area contributed by atoms with Crippen molar-refractivity contribution >= 4 is 16.7 Å². The van der Waals surface area contributed by atoms with Crippen molar-refractivity contribution in [3.8, 4) is 5.75 Å². The van der Waals surface area contributed by atoms with E-state index in [4.69, 9.17) is 4.74 Å². The fourth-order valence-corrected chi connectivity index (χ4v) is 3.14. The fourth-order valence-electron chi connectivity index (χ4n) is 3.14. The van der Waals surface area contributed by atoms with Gasteiger partial charge in [0.25, 0.3) is 0 Å². The molecule has 0 saturated carbocycles. The van der Waals surface area contributed by atoms with E-state index in [-0.39, 0.29) is 11.9 Å². The molecule has 1 aliphatic rings. The molecule has 2 N–H and O–H groups in total. The van der Waals surface area contributed by atoms with Crippen LogP contribution >= 0.6 is 0 Å². The van der Waals surface area contributed by atoms with Crippen LogP contribution < -0.4 is 15.4 Å². The maximum atomic E-state index is 14.3. The molecule has 0 bridgehead atoms. The van der Waals surface area contributed by atoms with Crippen LogP contribution in [0, 0.1) is 5.82 Å². The maximum Gasteiger partial charge on any atom is 0.185 e. The van der Waals surface area contributed by atoms with E-state index < -0.39 is 5.82 Å². The molecule has 134 valence electrons. The zero-order chi connectivity index (χ0) is 17.9.